The molecular formula is C24H17BrO4. The standard InChI is InChI=1S/C24H17BrO4/c1-15-11-19(28-14-20(26)17-7-9-18(25)10-8-17)13-21-23(15)24(27)22(29-21)12-16-5-3-2-4-6-16/h2-13H,14H2,1H3/b22-12-. The van der Waals surface area contributed by atoms with E-state index >= 15 is 0 Å². The van der Waals surface area contributed by atoms with Crippen LogP contribution in [0.5, 0.6) is 11.5 Å². The molecule has 0 saturated heterocycles. The Morgan fingerprint density at radius 2 is 1.79 bits per heavy atom. The lowest BCUT2D eigenvalue weighted by Gasteiger charge is -2.09. The highest BCUT2D eigenvalue weighted by Crippen LogP contribution is 2.37. The van der Waals surface area contributed by atoms with Crippen molar-refractivity contribution in [2.24, 2.45) is 0 Å². The third kappa shape index (κ3) is 4.15. The minimum Gasteiger partial charge on any atom is -0.485 e. The van der Waals surface area contributed by atoms with Crippen LogP contribution in [0.4, 0.5) is 0 Å². The number of Topliss-reactive ketones (excluding diaryl/α,β-unsaturated/α-hetero) is 2. The fourth-order valence-electron chi connectivity index (χ4n) is 3.13. The quantitative estimate of drug-likeness (QED) is 0.374. The summed E-state index contributed by atoms with van der Waals surface area (Å²) >= 11 is 3.35. The molecule has 1 heterocycles. The summed E-state index contributed by atoms with van der Waals surface area (Å²) in [6.45, 7) is 1.73. The molecule has 0 N–H and O–H groups in total. The topological polar surface area (TPSA) is 52.6 Å². The molecule has 0 atom stereocenters. The van der Waals surface area contributed by atoms with E-state index in [-0.39, 0.29) is 23.9 Å². The fourth-order valence-corrected chi connectivity index (χ4v) is 3.39. The minimum absolute atomic E-state index is 0.0967. The number of ketones is 2. The minimum atomic E-state index is -0.154. The van der Waals surface area contributed by atoms with Gasteiger partial charge in [0.2, 0.25) is 5.78 Å². The van der Waals surface area contributed by atoms with Crippen molar-refractivity contribution in [3.63, 3.8) is 0 Å². The zero-order valence-corrected chi connectivity index (χ0v) is 17.2. The lowest BCUT2D eigenvalue weighted by molar-refractivity contribution is 0.0920. The van der Waals surface area contributed by atoms with Crippen LogP contribution in [0.2, 0.25) is 0 Å². The van der Waals surface area contributed by atoms with Gasteiger partial charge in [-0.25, -0.2) is 0 Å². The molecule has 0 aliphatic carbocycles. The second-order valence-corrected chi connectivity index (χ2v) is 7.60. The number of rotatable bonds is 5. The predicted octanol–water partition coefficient (Wildman–Crippen LogP) is 5.64. The van der Waals surface area contributed by atoms with E-state index in [0.29, 0.717) is 22.6 Å². The van der Waals surface area contributed by atoms with E-state index in [9.17, 15) is 9.59 Å². The van der Waals surface area contributed by atoms with Crippen molar-refractivity contribution in [3.8, 4) is 11.5 Å². The van der Waals surface area contributed by atoms with Gasteiger partial charge in [-0.15, -0.1) is 0 Å². The maximum absolute atomic E-state index is 12.7. The van der Waals surface area contributed by atoms with Gasteiger partial charge in [0, 0.05) is 16.1 Å². The summed E-state index contributed by atoms with van der Waals surface area (Å²) in [5.74, 6) is 0.928. The first kappa shape index (κ1) is 19.2. The average Bonchev–Trinajstić information content (AvgIpc) is 3.03. The van der Waals surface area contributed by atoms with E-state index in [4.69, 9.17) is 9.47 Å². The zero-order chi connectivity index (χ0) is 20.4. The molecule has 0 radical (unpaired) electrons. The van der Waals surface area contributed by atoms with Gasteiger partial charge in [-0.05, 0) is 42.3 Å². The Hall–Kier alpha value is -3.18. The predicted molar refractivity (Wildman–Crippen MR) is 115 cm³/mol. The first-order valence-electron chi connectivity index (χ1n) is 9.07. The van der Waals surface area contributed by atoms with E-state index in [1.54, 1.807) is 30.3 Å². The van der Waals surface area contributed by atoms with Gasteiger partial charge >= 0.3 is 0 Å². The molecule has 4 nitrogen and oxygen atoms in total. The Balaban J connectivity index is 1.52. The van der Waals surface area contributed by atoms with E-state index in [1.165, 1.54) is 0 Å². The number of carbonyl (C=O) groups excluding carboxylic acids is 2. The summed E-state index contributed by atoms with van der Waals surface area (Å²) in [6.07, 6.45) is 1.72. The highest BCUT2D eigenvalue weighted by Gasteiger charge is 2.30. The number of carbonyl (C=O) groups is 2. The summed E-state index contributed by atoms with van der Waals surface area (Å²) in [5, 5.41) is 0. The van der Waals surface area contributed by atoms with Crippen LogP contribution in [0, 0.1) is 6.92 Å². The molecule has 0 amide bonds. The molecule has 0 bridgehead atoms. The van der Waals surface area contributed by atoms with Crippen LogP contribution in [-0.2, 0) is 0 Å². The Kier molecular flexibility index (Phi) is 5.32. The molecule has 1 aliphatic heterocycles. The smallest absolute Gasteiger partial charge is 0.232 e. The Morgan fingerprint density at radius 1 is 1.07 bits per heavy atom. The number of aryl methyl sites for hydroxylation is 1. The molecule has 0 spiro atoms. The molecule has 0 aromatic heterocycles. The zero-order valence-electron chi connectivity index (χ0n) is 15.6. The van der Waals surface area contributed by atoms with Gasteiger partial charge in [0.25, 0.3) is 0 Å². The highest BCUT2D eigenvalue weighted by atomic mass is 79.9. The van der Waals surface area contributed by atoms with Crippen molar-refractivity contribution in [2.45, 2.75) is 6.92 Å². The first-order chi connectivity index (χ1) is 14.0. The van der Waals surface area contributed by atoms with Crippen LogP contribution < -0.4 is 9.47 Å². The van der Waals surface area contributed by atoms with Crippen LogP contribution >= 0.6 is 15.9 Å². The maximum Gasteiger partial charge on any atom is 0.232 e. The van der Waals surface area contributed by atoms with Crippen molar-refractivity contribution in [1.29, 1.82) is 0 Å². The van der Waals surface area contributed by atoms with Crippen LogP contribution in [0.1, 0.15) is 31.8 Å². The molecule has 3 aromatic rings. The molecule has 4 rings (SSSR count). The summed E-state index contributed by atoms with van der Waals surface area (Å²) in [5.41, 5.74) is 2.73. The van der Waals surface area contributed by atoms with Gasteiger partial charge in [0.05, 0.1) is 5.56 Å². The van der Waals surface area contributed by atoms with Crippen LogP contribution in [0.3, 0.4) is 0 Å². The lowest BCUT2D eigenvalue weighted by Crippen LogP contribution is -2.11. The Morgan fingerprint density at radius 3 is 2.52 bits per heavy atom. The van der Waals surface area contributed by atoms with Crippen molar-refractivity contribution >= 4 is 33.6 Å². The monoisotopic (exact) mass is 448 g/mol. The SMILES string of the molecule is Cc1cc(OCC(=O)c2ccc(Br)cc2)cc2c1C(=O)/C(=C/c1ccccc1)O2. The average molecular weight is 449 g/mol. The largest absolute Gasteiger partial charge is 0.485 e. The molecule has 3 aromatic carbocycles. The molecule has 0 fully saturated rings. The van der Waals surface area contributed by atoms with Crippen LogP contribution in [-0.4, -0.2) is 18.2 Å². The van der Waals surface area contributed by atoms with Gasteiger partial charge in [0.15, 0.2) is 18.1 Å². The van der Waals surface area contributed by atoms with Crippen molar-refractivity contribution in [1.82, 2.24) is 0 Å². The second-order valence-electron chi connectivity index (χ2n) is 6.68. The summed E-state index contributed by atoms with van der Waals surface area (Å²) in [6, 6.07) is 20.0. The van der Waals surface area contributed by atoms with Crippen LogP contribution in [0.25, 0.3) is 6.08 Å². The fraction of sp³-hybridized carbons (Fsp3) is 0.0833. The highest BCUT2D eigenvalue weighted by molar-refractivity contribution is 9.10. The molecule has 0 unspecified atom stereocenters. The lowest BCUT2D eigenvalue weighted by atomic mass is 10.0. The van der Waals surface area contributed by atoms with Gasteiger partial charge in [-0.1, -0.05) is 58.4 Å². The maximum atomic E-state index is 12.7. The first-order valence-corrected chi connectivity index (χ1v) is 9.86. The number of fused-ring (bicyclic) bond motifs is 1. The number of hydrogen-bond donors (Lipinski definition) is 0. The summed E-state index contributed by atoms with van der Waals surface area (Å²) in [7, 11) is 0. The number of hydrogen-bond acceptors (Lipinski definition) is 4. The molecule has 1 aliphatic rings. The van der Waals surface area contributed by atoms with Crippen molar-refractivity contribution in [2.75, 3.05) is 6.61 Å². The van der Waals surface area contributed by atoms with Crippen molar-refractivity contribution in [3.05, 3.63) is 99.2 Å². The summed E-state index contributed by atoms with van der Waals surface area (Å²) in [4.78, 5) is 25.0. The van der Waals surface area contributed by atoms with E-state index in [2.05, 4.69) is 15.9 Å². The van der Waals surface area contributed by atoms with E-state index < -0.39 is 0 Å². The third-order valence-electron chi connectivity index (χ3n) is 4.58. The molecule has 5 heteroatoms. The Labute approximate surface area is 176 Å². The molecule has 29 heavy (non-hydrogen) atoms. The number of allylic oxidation sites excluding steroid dienone is 1. The number of halogens is 1. The molecule has 0 saturated carbocycles. The van der Waals surface area contributed by atoms with Gasteiger partial charge in [0.1, 0.15) is 11.5 Å². The van der Waals surface area contributed by atoms with Crippen LogP contribution in [0.15, 0.2) is 77.0 Å². The van der Waals surface area contributed by atoms with Gasteiger partial charge in [-0.2, -0.15) is 0 Å². The summed E-state index contributed by atoms with van der Waals surface area (Å²) < 4.78 is 12.4. The van der Waals surface area contributed by atoms with Gasteiger partial charge < -0.3 is 9.47 Å². The molecule has 144 valence electrons. The van der Waals surface area contributed by atoms with E-state index in [1.807, 2.05) is 49.4 Å². The Bertz CT molecular complexity index is 1120. The van der Waals surface area contributed by atoms with Gasteiger partial charge in [-0.3, -0.25) is 9.59 Å². The number of ether oxygens (including phenoxy) is 2. The molecular weight excluding hydrogens is 432 g/mol. The number of benzene rings is 3. The van der Waals surface area contributed by atoms with E-state index in [0.717, 1.165) is 15.6 Å². The van der Waals surface area contributed by atoms with Crippen molar-refractivity contribution < 1.29 is 19.1 Å². The second kappa shape index (κ2) is 8.05. The third-order valence-corrected chi connectivity index (χ3v) is 5.11. The normalized spacial score (nSPS) is 13.9.